The Morgan fingerprint density at radius 1 is 1.38 bits per heavy atom. The molecule has 1 heterocycles. The van der Waals surface area contributed by atoms with Gasteiger partial charge in [0.25, 0.3) is 5.69 Å². The van der Waals surface area contributed by atoms with Gasteiger partial charge in [0.1, 0.15) is 8.42 Å². The van der Waals surface area contributed by atoms with Crippen molar-refractivity contribution in [2.75, 3.05) is 6.26 Å². The van der Waals surface area contributed by atoms with Crippen LogP contribution in [0.1, 0.15) is 5.56 Å². The van der Waals surface area contributed by atoms with Gasteiger partial charge in [-0.1, -0.05) is 17.8 Å². The number of hydrogen-bond acceptors (Lipinski definition) is 7. The molecular formula is C12H8N2O4S3. The fraction of sp³-hybridized carbons (Fsp3) is 0.0833. The monoisotopic (exact) mass is 340 g/mol. The molecule has 0 bridgehead atoms. The molecule has 0 unspecified atom stereocenters. The van der Waals surface area contributed by atoms with Gasteiger partial charge in [-0.05, 0) is 18.2 Å². The Balaban J connectivity index is 2.46. The van der Waals surface area contributed by atoms with Crippen LogP contribution >= 0.6 is 23.1 Å². The molecule has 2 aromatic rings. The molecule has 108 valence electrons. The third-order valence-corrected chi connectivity index (χ3v) is 6.50. The summed E-state index contributed by atoms with van der Waals surface area (Å²) in [4.78, 5) is 11.1. The van der Waals surface area contributed by atoms with Crippen LogP contribution in [0.4, 0.5) is 5.69 Å². The molecule has 0 N–H and O–H groups in total. The zero-order chi connectivity index (χ0) is 15.6. The number of nitrogens with zero attached hydrogens (tertiary/aromatic N) is 2. The zero-order valence-electron chi connectivity index (χ0n) is 10.6. The van der Waals surface area contributed by atoms with E-state index < -0.39 is 14.8 Å². The van der Waals surface area contributed by atoms with E-state index in [1.54, 1.807) is 24.3 Å². The van der Waals surface area contributed by atoms with Crippen LogP contribution in [-0.2, 0) is 9.84 Å². The van der Waals surface area contributed by atoms with E-state index in [2.05, 4.69) is 0 Å². The van der Waals surface area contributed by atoms with Crippen LogP contribution in [0, 0.1) is 21.4 Å². The lowest BCUT2D eigenvalue weighted by Gasteiger charge is -1.99. The molecular weight excluding hydrogens is 332 g/mol. The quantitative estimate of drug-likeness (QED) is 0.626. The predicted octanol–water partition coefficient (Wildman–Crippen LogP) is 3.08. The maximum absolute atomic E-state index is 11.5. The molecule has 1 aromatic heterocycles. The Morgan fingerprint density at radius 2 is 2.10 bits per heavy atom. The Bertz CT molecular complexity index is 850. The summed E-state index contributed by atoms with van der Waals surface area (Å²) in [6.07, 6.45) is 1.01. The fourth-order valence-corrected chi connectivity index (χ4v) is 4.90. The highest BCUT2D eigenvalue weighted by Crippen LogP contribution is 2.42. The number of benzene rings is 1. The van der Waals surface area contributed by atoms with Gasteiger partial charge < -0.3 is 0 Å². The maximum atomic E-state index is 11.5. The van der Waals surface area contributed by atoms with Crippen molar-refractivity contribution < 1.29 is 13.3 Å². The topological polar surface area (TPSA) is 101 Å². The average molecular weight is 340 g/mol. The molecule has 9 heteroatoms. The van der Waals surface area contributed by atoms with E-state index in [4.69, 9.17) is 5.26 Å². The first-order valence-electron chi connectivity index (χ1n) is 5.47. The molecule has 6 nitrogen and oxygen atoms in total. The van der Waals surface area contributed by atoms with Gasteiger partial charge in [0, 0.05) is 17.2 Å². The Labute approximate surface area is 129 Å². The number of hydrogen-bond donors (Lipinski definition) is 0. The predicted molar refractivity (Wildman–Crippen MR) is 79.4 cm³/mol. The summed E-state index contributed by atoms with van der Waals surface area (Å²) < 4.78 is 23.2. The second-order valence-electron chi connectivity index (χ2n) is 4.01. The smallest absolute Gasteiger partial charge is 0.258 e. The minimum absolute atomic E-state index is 0.0480. The van der Waals surface area contributed by atoms with Gasteiger partial charge in [0.05, 0.1) is 16.6 Å². The van der Waals surface area contributed by atoms with Crippen LogP contribution < -0.4 is 0 Å². The standard InChI is InChI=1S/C12H8N2O4S3/c1-21(17,18)11-6-10(14(15)16)12(20-11)19-9-4-2-3-8(5-9)7-13/h2-6H,1H3. The van der Waals surface area contributed by atoms with Crippen molar-refractivity contribution in [3.63, 3.8) is 0 Å². The molecule has 0 aliphatic rings. The van der Waals surface area contributed by atoms with Crippen LogP contribution in [0.25, 0.3) is 0 Å². The van der Waals surface area contributed by atoms with E-state index in [1.165, 1.54) is 0 Å². The van der Waals surface area contributed by atoms with E-state index in [9.17, 15) is 18.5 Å². The maximum Gasteiger partial charge on any atom is 0.295 e. The molecule has 2 rings (SSSR count). The second-order valence-corrected chi connectivity index (χ2v) is 8.65. The Kier molecular flexibility index (Phi) is 4.32. The highest BCUT2D eigenvalue weighted by atomic mass is 32.2. The SMILES string of the molecule is CS(=O)(=O)c1cc([N+](=O)[O-])c(Sc2cccc(C#N)c2)s1. The molecule has 21 heavy (non-hydrogen) atoms. The largest absolute Gasteiger partial charge is 0.295 e. The van der Waals surface area contributed by atoms with Crippen LogP contribution in [-0.4, -0.2) is 19.6 Å². The first-order valence-corrected chi connectivity index (χ1v) is 9.00. The molecule has 1 aromatic carbocycles. The van der Waals surface area contributed by atoms with E-state index in [1.807, 2.05) is 6.07 Å². The van der Waals surface area contributed by atoms with Gasteiger partial charge in [-0.2, -0.15) is 5.26 Å². The Hall–Kier alpha value is -1.89. The van der Waals surface area contributed by atoms with Crippen molar-refractivity contribution in [2.24, 2.45) is 0 Å². The van der Waals surface area contributed by atoms with Crippen molar-refractivity contribution in [3.8, 4) is 6.07 Å². The Morgan fingerprint density at radius 3 is 2.67 bits per heavy atom. The van der Waals surface area contributed by atoms with Crippen molar-refractivity contribution in [1.82, 2.24) is 0 Å². The number of nitro groups is 1. The van der Waals surface area contributed by atoms with Gasteiger partial charge >= 0.3 is 0 Å². The van der Waals surface area contributed by atoms with Crippen molar-refractivity contribution in [2.45, 2.75) is 13.3 Å². The summed E-state index contributed by atoms with van der Waals surface area (Å²) in [5, 5.41) is 19.9. The second kappa shape index (κ2) is 5.85. The highest BCUT2D eigenvalue weighted by Gasteiger charge is 2.24. The first kappa shape index (κ1) is 15.5. The van der Waals surface area contributed by atoms with Gasteiger partial charge in [0.15, 0.2) is 9.84 Å². The summed E-state index contributed by atoms with van der Waals surface area (Å²) >= 11 is 1.92. The lowest BCUT2D eigenvalue weighted by Crippen LogP contribution is -1.92. The summed E-state index contributed by atoms with van der Waals surface area (Å²) in [6, 6.07) is 9.63. The molecule has 0 saturated heterocycles. The van der Waals surface area contributed by atoms with Crippen molar-refractivity contribution >= 4 is 38.6 Å². The molecule has 0 saturated carbocycles. The number of sulfone groups is 1. The van der Waals surface area contributed by atoms with E-state index in [0.29, 0.717) is 10.5 Å². The fourth-order valence-electron chi connectivity index (χ4n) is 1.46. The van der Waals surface area contributed by atoms with Crippen molar-refractivity contribution in [3.05, 3.63) is 46.0 Å². The van der Waals surface area contributed by atoms with Crippen LogP contribution in [0.15, 0.2) is 43.6 Å². The molecule has 0 aliphatic carbocycles. The zero-order valence-corrected chi connectivity index (χ0v) is 13.1. The van der Waals surface area contributed by atoms with E-state index >= 15 is 0 Å². The summed E-state index contributed by atoms with van der Waals surface area (Å²) in [5.74, 6) is 0. The molecule has 0 aliphatic heterocycles. The van der Waals surface area contributed by atoms with Gasteiger partial charge in [-0.15, -0.1) is 11.3 Å². The third-order valence-electron chi connectivity index (χ3n) is 2.39. The van der Waals surface area contributed by atoms with Gasteiger partial charge in [-0.25, -0.2) is 8.42 Å². The molecule has 0 radical (unpaired) electrons. The molecule has 0 atom stereocenters. The minimum atomic E-state index is -3.49. The first-order chi connectivity index (χ1) is 9.81. The van der Waals surface area contributed by atoms with Crippen molar-refractivity contribution in [1.29, 1.82) is 5.26 Å². The van der Waals surface area contributed by atoms with Gasteiger partial charge in [0.2, 0.25) is 0 Å². The lowest BCUT2D eigenvalue weighted by molar-refractivity contribution is -0.387. The molecule has 0 spiro atoms. The summed E-state index contributed by atoms with van der Waals surface area (Å²) in [7, 11) is -3.49. The number of nitriles is 1. The molecule has 0 amide bonds. The lowest BCUT2D eigenvalue weighted by atomic mass is 10.2. The molecule has 0 fully saturated rings. The van der Waals surface area contributed by atoms with E-state index in [0.717, 1.165) is 35.4 Å². The van der Waals surface area contributed by atoms with Crippen LogP contribution in [0.3, 0.4) is 0 Å². The van der Waals surface area contributed by atoms with Crippen LogP contribution in [0.2, 0.25) is 0 Å². The normalized spacial score (nSPS) is 11.0. The summed E-state index contributed by atoms with van der Waals surface area (Å²) in [6.45, 7) is 0. The average Bonchev–Trinajstić information content (AvgIpc) is 2.83. The van der Waals surface area contributed by atoms with Gasteiger partial charge in [-0.3, -0.25) is 10.1 Å². The minimum Gasteiger partial charge on any atom is -0.258 e. The summed E-state index contributed by atoms with van der Waals surface area (Å²) in [5.41, 5.74) is 0.190. The van der Waals surface area contributed by atoms with Crippen LogP contribution in [0.5, 0.6) is 0 Å². The highest BCUT2D eigenvalue weighted by molar-refractivity contribution is 8.02. The number of rotatable bonds is 4. The van der Waals surface area contributed by atoms with E-state index in [-0.39, 0.29) is 14.1 Å². The number of thiophene rings is 1. The third kappa shape index (κ3) is 3.60.